The van der Waals surface area contributed by atoms with Crippen molar-refractivity contribution in [3.05, 3.63) is 52.3 Å². The Labute approximate surface area is 118 Å². The minimum Gasteiger partial charge on any atom is -0.347 e. The van der Waals surface area contributed by atoms with Crippen LogP contribution in [0.15, 0.2) is 41.3 Å². The Morgan fingerprint density at radius 3 is 2.45 bits per heavy atom. The highest BCUT2D eigenvalue weighted by atomic mass is 16.1. The summed E-state index contributed by atoms with van der Waals surface area (Å²) in [5.74, 6) is -0.0986. The molecule has 20 heavy (non-hydrogen) atoms. The van der Waals surface area contributed by atoms with E-state index in [1.54, 1.807) is 6.07 Å². The number of nitrogens with one attached hydrogen (secondary N) is 1. The molecule has 2 rings (SSSR count). The maximum Gasteiger partial charge on any atom is 0.221 e. The van der Waals surface area contributed by atoms with Crippen LogP contribution in [0.5, 0.6) is 0 Å². The standard InChI is InChI=1S/C16H18N2O2/c1-4-18-10-11(2)16(20)9-15(18)13-5-7-14(8-6-13)17-12(3)19/h5-10H,4H2,1-3H3,(H,17,19). The Bertz CT molecular complexity index is 685. The zero-order chi connectivity index (χ0) is 14.7. The van der Waals surface area contributed by atoms with E-state index in [9.17, 15) is 9.59 Å². The number of pyridine rings is 1. The highest BCUT2D eigenvalue weighted by Crippen LogP contribution is 2.21. The maximum atomic E-state index is 11.8. The van der Waals surface area contributed by atoms with Gasteiger partial charge in [-0.05, 0) is 31.5 Å². The number of anilines is 1. The molecule has 104 valence electrons. The number of carbonyl (C=O) groups is 1. The fourth-order valence-corrected chi connectivity index (χ4v) is 2.13. The first kappa shape index (κ1) is 14.1. The summed E-state index contributed by atoms with van der Waals surface area (Å²) in [5, 5.41) is 2.73. The van der Waals surface area contributed by atoms with Crippen LogP contribution < -0.4 is 10.7 Å². The molecule has 0 bridgehead atoms. The summed E-state index contributed by atoms with van der Waals surface area (Å²) in [6.45, 7) is 6.13. The normalized spacial score (nSPS) is 10.3. The van der Waals surface area contributed by atoms with Gasteiger partial charge in [-0.2, -0.15) is 0 Å². The first-order valence-corrected chi connectivity index (χ1v) is 6.60. The largest absolute Gasteiger partial charge is 0.347 e. The van der Waals surface area contributed by atoms with Gasteiger partial charge in [0.25, 0.3) is 0 Å². The molecule has 0 radical (unpaired) electrons. The molecule has 0 aliphatic carbocycles. The van der Waals surface area contributed by atoms with E-state index in [1.165, 1.54) is 6.92 Å². The van der Waals surface area contributed by atoms with Crippen molar-refractivity contribution in [2.24, 2.45) is 0 Å². The van der Waals surface area contributed by atoms with Crippen molar-refractivity contribution < 1.29 is 4.79 Å². The summed E-state index contributed by atoms with van der Waals surface area (Å²) in [6.07, 6.45) is 1.87. The maximum absolute atomic E-state index is 11.8. The summed E-state index contributed by atoms with van der Waals surface area (Å²) in [4.78, 5) is 22.8. The summed E-state index contributed by atoms with van der Waals surface area (Å²) >= 11 is 0. The number of hydrogen-bond donors (Lipinski definition) is 1. The Kier molecular flexibility index (Phi) is 4.03. The highest BCUT2D eigenvalue weighted by molar-refractivity contribution is 5.88. The van der Waals surface area contributed by atoms with Gasteiger partial charge in [-0.1, -0.05) is 12.1 Å². The second-order valence-electron chi connectivity index (χ2n) is 4.75. The van der Waals surface area contributed by atoms with E-state index >= 15 is 0 Å². The lowest BCUT2D eigenvalue weighted by atomic mass is 10.1. The van der Waals surface area contributed by atoms with Gasteiger partial charge < -0.3 is 9.88 Å². The predicted octanol–water partition coefficient (Wildman–Crippen LogP) is 2.80. The SMILES string of the molecule is CCn1cc(C)c(=O)cc1-c1ccc(NC(C)=O)cc1. The van der Waals surface area contributed by atoms with Crippen LogP contribution in [0.4, 0.5) is 5.69 Å². The molecule has 4 heteroatoms. The van der Waals surface area contributed by atoms with Crippen LogP contribution in [0.3, 0.4) is 0 Å². The Morgan fingerprint density at radius 1 is 1.25 bits per heavy atom. The lowest BCUT2D eigenvalue weighted by Gasteiger charge is -2.13. The molecule has 0 fully saturated rings. The Balaban J connectivity index is 2.43. The van der Waals surface area contributed by atoms with Gasteiger partial charge in [-0.3, -0.25) is 9.59 Å². The Hall–Kier alpha value is -2.36. The van der Waals surface area contributed by atoms with Crippen LogP contribution in [0.2, 0.25) is 0 Å². The summed E-state index contributed by atoms with van der Waals surface area (Å²) < 4.78 is 2.05. The molecule has 1 amide bonds. The summed E-state index contributed by atoms with van der Waals surface area (Å²) in [6, 6.07) is 9.14. The van der Waals surface area contributed by atoms with Gasteiger partial charge >= 0.3 is 0 Å². The van der Waals surface area contributed by atoms with Gasteiger partial charge in [0.1, 0.15) is 0 Å². The van der Waals surface area contributed by atoms with E-state index in [1.807, 2.05) is 48.9 Å². The molecule has 0 aliphatic rings. The van der Waals surface area contributed by atoms with Crippen molar-refractivity contribution in [1.82, 2.24) is 4.57 Å². The monoisotopic (exact) mass is 270 g/mol. The number of amides is 1. The second-order valence-corrected chi connectivity index (χ2v) is 4.75. The molecule has 1 N–H and O–H groups in total. The average Bonchev–Trinajstić information content (AvgIpc) is 2.41. The predicted molar refractivity (Wildman–Crippen MR) is 80.9 cm³/mol. The lowest BCUT2D eigenvalue weighted by molar-refractivity contribution is -0.114. The van der Waals surface area contributed by atoms with Crippen LogP contribution in [0, 0.1) is 6.92 Å². The fraction of sp³-hybridized carbons (Fsp3) is 0.250. The van der Waals surface area contributed by atoms with Gasteiger partial charge in [0.05, 0.1) is 5.69 Å². The number of aromatic nitrogens is 1. The first-order valence-electron chi connectivity index (χ1n) is 6.60. The van der Waals surface area contributed by atoms with Crippen molar-refractivity contribution in [2.45, 2.75) is 27.3 Å². The van der Waals surface area contributed by atoms with Crippen molar-refractivity contribution in [2.75, 3.05) is 5.32 Å². The molecule has 1 aromatic heterocycles. The van der Waals surface area contributed by atoms with Crippen LogP contribution in [0.25, 0.3) is 11.3 Å². The first-order chi connectivity index (χ1) is 9.51. The molecule has 0 atom stereocenters. The zero-order valence-corrected chi connectivity index (χ0v) is 11.9. The fourth-order valence-electron chi connectivity index (χ4n) is 2.13. The van der Waals surface area contributed by atoms with E-state index in [0.29, 0.717) is 0 Å². The zero-order valence-electron chi connectivity index (χ0n) is 11.9. The third kappa shape index (κ3) is 2.96. The van der Waals surface area contributed by atoms with Crippen LogP contribution in [-0.4, -0.2) is 10.5 Å². The lowest BCUT2D eigenvalue weighted by Crippen LogP contribution is -2.11. The second kappa shape index (κ2) is 5.74. The van der Waals surface area contributed by atoms with Crippen LogP contribution in [0.1, 0.15) is 19.4 Å². The van der Waals surface area contributed by atoms with Crippen LogP contribution in [-0.2, 0) is 11.3 Å². The minimum atomic E-state index is -0.0986. The number of carbonyl (C=O) groups excluding carboxylic acids is 1. The third-order valence-electron chi connectivity index (χ3n) is 3.16. The molecular formula is C16H18N2O2. The molecule has 0 aliphatic heterocycles. The third-order valence-corrected chi connectivity index (χ3v) is 3.16. The topological polar surface area (TPSA) is 51.1 Å². The molecule has 1 heterocycles. The highest BCUT2D eigenvalue weighted by Gasteiger charge is 2.06. The molecule has 2 aromatic rings. The number of nitrogens with zero attached hydrogens (tertiary/aromatic N) is 1. The van der Waals surface area contributed by atoms with E-state index in [-0.39, 0.29) is 11.3 Å². The van der Waals surface area contributed by atoms with E-state index < -0.39 is 0 Å². The van der Waals surface area contributed by atoms with E-state index in [4.69, 9.17) is 0 Å². The van der Waals surface area contributed by atoms with Crippen molar-refractivity contribution in [3.8, 4) is 11.3 Å². The summed E-state index contributed by atoms with van der Waals surface area (Å²) in [7, 11) is 0. The molecule has 0 saturated carbocycles. The summed E-state index contributed by atoms with van der Waals surface area (Å²) in [5.41, 5.74) is 3.37. The number of benzene rings is 1. The minimum absolute atomic E-state index is 0.0376. The van der Waals surface area contributed by atoms with Crippen molar-refractivity contribution in [1.29, 1.82) is 0 Å². The molecule has 1 aromatic carbocycles. The molecule has 0 saturated heterocycles. The number of hydrogen-bond acceptors (Lipinski definition) is 2. The molecule has 0 unspecified atom stereocenters. The van der Waals surface area contributed by atoms with E-state index in [0.717, 1.165) is 29.1 Å². The number of aryl methyl sites for hydroxylation is 2. The molecule has 0 spiro atoms. The van der Waals surface area contributed by atoms with Crippen molar-refractivity contribution >= 4 is 11.6 Å². The molecular weight excluding hydrogens is 252 g/mol. The van der Waals surface area contributed by atoms with Gasteiger partial charge in [0.15, 0.2) is 5.43 Å². The van der Waals surface area contributed by atoms with Gasteiger partial charge in [0, 0.05) is 37.0 Å². The Morgan fingerprint density at radius 2 is 1.90 bits per heavy atom. The van der Waals surface area contributed by atoms with Crippen LogP contribution >= 0.6 is 0 Å². The molecule has 4 nitrogen and oxygen atoms in total. The van der Waals surface area contributed by atoms with Crippen molar-refractivity contribution in [3.63, 3.8) is 0 Å². The van der Waals surface area contributed by atoms with Gasteiger partial charge in [0.2, 0.25) is 5.91 Å². The quantitative estimate of drug-likeness (QED) is 0.932. The van der Waals surface area contributed by atoms with Gasteiger partial charge in [-0.25, -0.2) is 0 Å². The number of rotatable bonds is 3. The van der Waals surface area contributed by atoms with Gasteiger partial charge in [-0.15, -0.1) is 0 Å². The smallest absolute Gasteiger partial charge is 0.221 e. The average molecular weight is 270 g/mol. The van der Waals surface area contributed by atoms with E-state index in [2.05, 4.69) is 5.32 Å².